The summed E-state index contributed by atoms with van der Waals surface area (Å²) in [7, 11) is 6.15. The van der Waals surface area contributed by atoms with Crippen LogP contribution in [0.5, 0.6) is 0 Å². The van der Waals surface area contributed by atoms with E-state index in [4.69, 9.17) is 24.7 Å². The van der Waals surface area contributed by atoms with E-state index >= 15 is 0 Å². The maximum Gasteiger partial charge on any atom is 0.245 e. The normalized spacial score (nSPS) is 25.9. The van der Waals surface area contributed by atoms with Gasteiger partial charge in [0.15, 0.2) is 6.29 Å². The predicted octanol–water partition coefficient (Wildman–Crippen LogP) is -1.53. The molecule has 22 nitrogen and oxygen atoms in total. The number of amides is 4. The van der Waals surface area contributed by atoms with Gasteiger partial charge >= 0.3 is 0 Å². The number of likely N-dealkylation sites (N-methyl/N-ethyl adjacent to an activating group) is 2. The van der Waals surface area contributed by atoms with E-state index in [-0.39, 0.29) is 37.3 Å². The molecule has 2 saturated heterocycles. The lowest BCUT2D eigenvalue weighted by Gasteiger charge is -2.42. The molecule has 0 aromatic heterocycles. The molecule has 420 valence electrons. The number of carbonyl (C=O) groups is 4. The number of nitrogens with zero attached hydrogens (tertiary/aromatic N) is 3. The Morgan fingerprint density at radius 1 is 0.849 bits per heavy atom. The molecule has 2 aliphatic heterocycles. The van der Waals surface area contributed by atoms with Crippen LogP contribution in [-0.2, 0) is 38.1 Å². The average Bonchev–Trinajstić information content (AvgIpc) is 3.85. The molecule has 0 aliphatic carbocycles. The molecule has 0 radical (unpaired) electrons. The van der Waals surface area contributed by atoms with Gasteiger partial charge < -0.3 is 86.0 Å². The second-order valence-electron chi connectivity index (χ2n) is 20.8. The van der Waals surface area contributed by atoms with Gasteiger partial charge in [-0.3, -0.25) is 24.1 Å². The third-order valence-electron chi connectivity index (χ3n) is 14.8. The topological polar surface area (TPSA) is 327 Å². The number of likely N-dealkylation sites (tertiary alicyclic amines) is 1. The molecule has 1 aromatic carbocycles. The van der Waals surface area contributed by atoms with Crippen LogP contribution in [0.2, 0.25) is 0 Å². The van der Waals surface area contributed by atoms with Gasteiger partial charge in [0.05, 0.1) is 67.5 Å². The zero-order valence-electron chi connectivity index (χ0n) is 44.9. The first-order valence-corrected chi connectivity index (χ1v) is 25.7. The van der Waals surface area contributed by atoms with Crippen LogP contribution in [-0.4, -0.2) is 231 Å². The van der Waals surface area contributed by atoms with Gasteiger partial charge in [0.25, 0.3) is 0 Å². The molecule has 0 spiro atoms. The van der Waals surface area contributed by atoms with Crippen molar-refractivity contribution in [1.29, 1.82) is 0 Å². The van der Waals surface area contributed by atoms with Crippen molar-refractivity contribution in [2.75, 3.05) is 54.6 Å². The second kappa shape index (κ2) is 29.7. The van der Waals surface area contributed by atoms with Crippen LogP contribution in [0.25, 0.3) is 0 Å². The molecule has 2 aliphatic rings. The van der Waals surface area contributed by atoms with Crippen molar-refractivity contribution in [3.8, 4) is 0 Å². The molecule has 3 rings (SSSR count). The highest BCUT2D eigenvalue weighted by Crippen LogP contribution is 2.32. The molecule has 2 fully saturated rings. The highest BCUT2D eigenvalue weighted by atomic mass is 16.7. The highest BCUT2D eigenvalue weighted by molar-refractivity contribution is 5.90. The molecule has 1 aromatic rings. The molecular formula is C51H90N6O16. The number of hydrogen-bond acceptors (Lipinski definition) is 18. The van der Waals surface area contributed by atoms with Crippen LogP contribution >= 0.6 is 0 Å². The van der Waals surface area contributed by atoms with E-state index < -0.39 is 140 Å². The van der Waals surface area contributed by atoms with Gasteiger partial charge in [-0.05, 0) is 50.1 Å². The van der Waals surface area contributed by atoms with Crippen LogP contribution < -0.4 is 16.4 Å². The number of methoxy groups -OCH3 is 2. The summed E-state index contributed by atoms with van der Waals surface area (Å²) < 4.78 is 23.9. The molecule has 22 heteroatoms. The third-order valence-corrected chi connectivity index (χ3v) is 14.8. The first-order chi connectivity index (χ1) is 34.3. The van der Waals surface area contributed by atoms with Crippen molar-refractivity contribution in [3.63, 3.8) is 0 Å². The first-order valence-electron chi connectivity index (χ1n) is 25.7. The fourth-order valence-electron chi connectivity index (χ4n) is 10.3. The van der Waals surface area contributed by atoms with E-state index in [1.54, 1.807) is 90.9 Å². The molecule has 12 N–H and O–H groups in total. The summed E-state index contributed by atoms with van der Waals surface area (Å²) in [5, 5.41) is 88.7. The number of hydrogen-bond donors (Lipinski definition) is 11. The van der Waals surface area contributed by atoms with Crippen molar-refractivity contribution >= 4 is 23.6 Å². The minimum Gasteiger partial charge on any atom is -0.394 e. The molecule has 0 bridgehead atoms. The summed E-state index contributed by atoms with van der Waals surface area (Å²) in [6.07, 6.45) is -14.9. The summed E-state index contributed by atoms with van der Waals surface area (Å²) in [5.41, 5.74) is 6.02. The lowest BCUT2D eigenvalue weighted by molar-refractivity contribution is -0.314. The first kappa shape index (κ1) is 63.8. The minimum absolute atomic E-state index is 0.119. The van der Waals surface area contributed by atoms with Crippen LogP contribution in [0.4, 0.5) is 0 Å². The lowest BCUT2D eigenvalue weighted by Crippen LogP contribution is -2.60. The Balaban J connectivity index is 1.80. The number of carbonyl (C=O) groups excluding carboxylic acids is 4. The maximum atomic E-state index is 14.6. The molecule has 73 heavy (non-hydrogen) atoms. The monoisotopic (exact) mass is 1040 g/mol. The second-order valence-corrected chi connectivity index (χ2v) is 20.8. The summed E-state index contributed by atoms with van der Waals surface area (Å²) in [5.74, 6) is -3.32. The molecule has 0 saturated carbocycles. The number of aliphatic hydroxyl groups is 8. The lowest BCUT2D eigenvalue weighted by atomic mass is 9.89. The Labute approximate surface area is 431 Å². The largest absolute Gasteiger partial charge is 0.394 e. The summed E-state index contributed by atoms with van der Waals surface area (Å²) >= 11 is 0. The van der Waals surface area contributed by atoms with Crippen molar-refractivity contribution in [2.45, 2.75) is 185 Å². The Morgan fingerprint density at radius 3 is 2.00 bits per heavy atom. The minimum atomic E-state index is -1.75. The Kier molecular flexibility index (Phi) is 26.0. The summed E-state index contributed by atoms with van der Waals surface area (Å²) in [6.45, 7) is 13.6. The van der Waals surface area contributed by atoms with Gasteiger partial charge in [-0.15, -0.1) is 0 Å². The molecule has 19 unspecified atom stereocenters. The standard InChI is InChI=1S/C51H90N6O16/c1-13-28(6)40(56(10)50(69)38(26(2)3)54-49(68)39(27(4)5)55(9)24-34(60)42(63)41(62)33(59)23-52)35(70-11)22-37(61)57-21-17-20-32(57)46(71-12)29(7)48(67)53-30(8)47(31-18-15-14-16-19-31)73-51-45(66)44(65)43(64)36(25-58)72-51/h14-16,18-19,26-30,32-36,38-47,51,58-60,62-66H,13,17,20-25,52H2,1-12H3,(H,53,67)(H,54,68). The maximum absolute atomic E-state index is 14.6. The van der Waals surface area contributed by atoms with E-state index in [2.05, 4.69) is 10.6 Å². The van der Waals surface area contributed by atoms with Gasteiger partial charge in [0.2, 0.25) is 23.6 Å². The van der Waals surface area contributed by atoms with Crippen LogP contribution in [0, 0.1) is 23.7 Å². The number of ether oxygens (including phenoxy) is 4. The van der Waals surface area contributed by atoms with Crippen LogP contribution in [0.15, 0.2) is 30.3 Å². The smallest absolute Gasteiger partial charge is 0.245 e. The SMILES string of the molecule is CCC(C)C(C(CC(=O)N1CCCC1C(OC)C(C)C(=O)NC(C)C(OC1OC(CO)C(O)C(O)C1O)c1ccccc1)OC)N(C)C(=O)C(NC(=O)C(C(C)C)N(C)CC(O)C(O)C(O)C(O)CN)C(C)C. The molecule has 19 atom stereocenters. The number of rotatable bonds is 29. The van der Waals surface area contributed by atoms with Gasteiger partial charge in [-0.25, -0.2) is 0 Å². The molecular weight excluding hydrogens is 953 g/mol. The van der Waals surface area contributed by atoms with Crippen LogP contribution in [0.3, 0.4) is 0 Å². The number of nitrogens with one attached hydrogen (secondary N) is 2. The van der Waals surface area contributed by atoms with Crippen LogP contribution in [0.1, 0.15) is 92.7 Å². The summed E-state index contributed by atoms with van der Waals surface area (Å²) in [6, 6.07) is 5.03. The Hall–Kier alpha value is -3.46. The van der Waals surface area contributed by atoms with Gasteiger partial charge in [-0.2, -0.15) is 0 Å². The fraction of sp³-hybridized carbons (Fsp3) is 0.804. The average molecular weight is 1040 g/mol. The van der Waals surface area contributed by atoms with E-state index in [9.17, 15) is 60.0 Å². The quantitative estimate of drug-likeness (QED) is 0.0434. The molecule has 4 amide bonds. The van der Waals surface area contributed by atoms with E-state index in [1.807, 2.05) is 13.8 Å². The highest BCUT2D eigenvalue weighted by Gasteiger charge is 2.47. The fourth-order valence-corrected chi connectivity index (χ4v) is 10.3. The van der Waals surface area contributed by atoms with Gasteiger partial charge in [0, 0.05) is 40.9 Å². The Morgan fingerprint density at radius 2 is 1.47 bits per heavy atom. The zero-order chi connectivity index (χ0) is 55.2. The van der Waals surface area contributed by atoms with Crippen molar-refractivity contribution in [3.05, 3.63) is 35.9 Å². The van der Waals surface area contributed by atoms with E-state index in [0.29, 0.717) is 31.4 Å². The van der Waals surface area contributed by atoms with Crippen molar-refractivity contribution in [1.82, 2.24) is 25.3 Å². The Bertz CT molecular complexity index is 1840. The number of benzene rings is 1. The van der Waals surface area contributed by atoms with Crippen molar-refractivity contribution < 1.29 is 79.0 Å². The predicted molar refractivity (Wildman–Crippen MR) is 269 cm³/mol. The number of nitrogens with two attached hydrogens (primary N) is 1. The molecule has 2 heterocycles. The van der Waals surface area contributed by atoms with Crippen molar-refractivity contribution in [2.24, 2.45) is 29.4 Å². The van der Waals surface area contributed by atoms with E-state index in [1.165, 1.54) is 24.0 Å². The van der Waals surface area contributed by atoms with Gasteiger partial charge in [-0.1, -0.05) is 85.2 Å². The number of aliphatic hydroxyl groups excluding tert-OH is 8. The summed E-state index contributed by atoms with van der Waals surface area (Å²) in [4.78, 5) is 62.2. The van der Waals surface area contributed by atoms with E-state index in [0.717, 1.165) is 0 Å². The van der Waals surface area contributed by atoms with Gasteiger partial charge in [0.1, 0.15) is 48.8 Å². The zero-order valence-corrected chi connectivity index (χ0v) is 44.9. The third kappa shape index (κ3) is 16.3.